The third-order valence-electron chi connectivity index (χ3n) is 2.43. The van der Waals surface area contributed by atoms with Crippen LogP contribution in [0.3, 0.4) is 0 Å². The maximum Gasteiger partial charge on any atom is 0.273 e. The van der Waals surface area contributed by atoms with Crippen molar-refractivity contribution in [1.82, 2.24) is 4.98 Å². The monoisotopic (exact) mass is 333 g/mol. The Morgan fingerprint density at radius 3 is 2.70 bits per heavy atom. The number of halogens is 1. The summed E-state index contributed by atoms with van der Waals surface area (Å²) in [6.07, 6.45) is 0. The second-order valence-corrected chi connectivity index (χ2v) is 7.19. The number of methoxy groups -OCH3 is 1. The van der Waals surface area contributed by atoms with Gasteiger partial charge in [-0.1, -0.05) is 22.9 Å². The first kappa shape index (κ1) is 14.9. The SMILES string of the molecule is COc1ccc(Cl)c(NS(=O)(=O)c2sc(N)nc2C)c1. The third kappa shape index (κ3) is 2.97. The number of nitrogens with two attached hydrogens (primary N) is 1. The molecule has 0 aliphatic carbocycles. The number of thiazole rings is 1. The minimum absolute atomic E-state index is 0.0638. The van der Waals surface area contributed by atoms with Crippen LogP contribution in [0.4, 0.5) is 10.8 Å². The zero-order chi connectivity index (χ0) is 14.9. The lowest BCUT2D eigenvalue weighted by Gasteiger charge is -2.10. The summed E-state index contributed by atoms with van der Waals surface area (Å²) in [5.41, 5.74) is 6.09. The fourth-order valence-electron chi connectivity index (χ4n) is 1.55. The molecule has 3 N–H and O–H groups in total. The van der Waals surface area contributed by atoms with E-state index in [0.717, 1.165) is 11.3 Å². The van der Waals surface area contributed by atoms with Crippen LogP contribution in [0.1, 0.15) is 5.69 Å². The summed E-state index contributed by atoms with van der Waals surface area (Å²) in [6.45, 7) is 1.58. The van der Waals surface area contributed by atoms with Gasteiger partial charge in [0.2, 0.25) is 0 Å². The summed E-state index contributed by atoms with van der Waals surface area (Å²) < 4.78 is 32.1. The molecule has 0 aliphatic heterocycles. The van der Waals surface area contributed by atoms with Gasteiger partial charge in [0.15, 0.2) is 9.34 Å². The molecule has 0 saturated heterocycles. The molecule has 1 aromatic heterocycles. The van der Waals surface area contributed by atoms with Gasteiger partial charge in [-0.15, -0.1) is 0 Å². The molecule has 1 heterocycles. The van der Waals surface area contributed by atoms with Gasteiger partial charge in [-0.3, -0.25) is 4.72 Å². The summed E-state index contributed by atoms with van der Waals surface area (Å²) in [5, 5.41) is 0.462. The highest BCUT2D eigenvalue weighted by molar-refractivity contribution is 7.94. The number of benzene rings is 1. The van der Waals surface area contributed by atoms with Gasteiger partial charge < -0.3 is 10.5 Å². The number of anilines is 2. The Morgan fingerprint density at radius 2 is 2.15 bits per heavy atom. The number of nitrogens with zero attached hydrogens (tertiary/aromatic N) is 1. The minimum atomic E-state index is -3.78. The molecule has 0 radical (unpaired) electrons. The molecular formula is C11H12ClN3O3S2. The molecule has 2 rings (SSSR count). The molecule has 0 atom stereocenters. The number of hydrogen-bond acceptors (Lipinski definition) is 6. The lowest BCUT2D eigenvalue weighted by Crippen LogP contribution is -2.13. The molecule has 0 fully saturated rings. The second-order valence-electron chi connectivity index (χ2n) is 3.88. The van der Waals surface area contributed by atoms with Crippen molar-refractivity contribution in [2.75, 3.05) is 17.6 Å². The van der Waals surface area contributed by atoms with Crippen molar-refractivity contribution in [3.05, 3.63) is 28.9 Å². The highest BCUT2D eigenvalue weighted by atomic mass is 35.5. The first-order valence-electron chi connectivity index (χ1n) is 5.43. The summed E-state index contributed by atoms with van der Waals surface area (Å²) in [4.78, 5) is 3.89. The number of hydrogen-bond donors (Lipinski definition) is 2. The van der Waals surface area contributed by atoms with Gasteiger partial charge in [0.25, 0.3) is 10.0 Å². The van der Waals surface area contributed by atoms with Crippen molar-refractivity contribution in [2.45, 2.75) is 11.1 Å². The maximum absolute atomic E-state index is 12.3. The van der Waals surface area contributed by atoms with Gasteiger partial charge in [-0.2, -0.15) is 0 Å². The summed E-state index contributed by atoms with van der Waals surface area (Å²) in [7, 11) is -2.30. The van der Waals surface area contributed by atoms with E-state index >= 15 is 0 Å². The molecule has 0 amide bonds. The standard InChI is InChI=1S/C11H12ClN3O3S2/c1-6-10(19-11(13)14-6)20(16,17)15-9-5-7(18-2)3-4-8(9)12/h3-5,15H,1-2H3,(H2,13,14). The van der Waals surface area contributed by atoms with E-state index in [0.29, 0.717) is 11.4 Å². The Hall–Kier alpha value is -1.51. The quantitative estimate of drug-likeness (QED) is 0.896. The van der Waals surface area contributed by atoms with Crippen molar-refractivity contribution >= 4 is 43.8 Å². The van der Waals surface area contributed by atoms with Crippen molar-refractivity contribution < 1.29 is 13.2 Å². The van der Waals surface area contributed by atoms with E-state index in [-0.39, 0.29) is 20.1 Å². The fourth-order valence-corrected chi connectivity index (χ4v) is 4.14. The Labute approximate surface area is 125 Å². The summed E-state index contributed by atoms with van der Waals surface area (Å²) >= 11 is 6.87. The van der Waals surface area contributed by atoms with Gasteiger partial charge in [0.1, 0.15) is 5.75 Å². The minimum Gasteiger partial charge on any atom is -0.497 e. The fraction of sp³-hybridized carbons (Fsp3) is 0.182. The van der Waals surface area contributed by atoms with Crippen LogP contribution < -0.4 is 15.2 Å². The number of nitrogens with one attached hydrogen (secondary N) is 1. The number of sulfonamides is 1. The number of nitrogen functional groups attached to an aromatic ring is 1. The van der Waals surface area contributed by atoms with Gasteiger partial charge in [-0.05, 0) is 19.1 Å². The molecule has 20 heavy (non-hydrogen) atoms. The smallest absolute Gasteiger partial charge is 0.273 e. The summed E-state index contributed by atoms with van der Waals surface area (Å²) in [5.74, 6) is 0.493. The summed E-state index contributed by atoms with van der Waals surface area (Å²) in [6, 6.07) is 4.68. The largest absolute Gasteiger partial charge is 0.497 e. The van der Waals surface area contributed by atoms with Gasteiger partial charge >= 0.3 is 0 Å². The van der Waals surface area contributed by atoms with Crippen LogP contribution in [-0.4, -0.2) is 20.5 Å². The number of aromatic nitrogens is 1. The van der Waals surface area contributed by atoms with E-state index in [1.54, 1.807) is 19.1 Å². The number of ether oxygens (including phenoxy) is 1. The van der Waals surface area contributed by atoms with Crippen molar-refractivity contribution in [3.63, 3.8) is 0 Å². The van der Waals surface area contributed by atoms with Crippen LogP contribution in [0.15, 0.2) is 22.4 Å². The average Bonchev–Trinajstić information content (AvgIpc) is 2.72. The Kier molecular flexibility index (Phi) is 4.07. The second kappa shape index (κ2) is 5.47. The molecule has 0 unspecified atom stereocenters. The molecule has 6 nitrogen and oxygen atoms in total. The van der Waals surface area contributed by atoms with Gasteiger partial charge in [0.05, 0.1) is 23.5 Å². The highest BCUT2D eigenvalue weighted by Crippen LogP contribution is 2.31. The Balaban J connectivity index is 2.40. The first-order chi connectivity index (χ1) is 9.33. The van der Waals surface area contributed by atoms with Crippen molar-refractivity contribution in [2.24, 2.45) is 0 Å². The van der Waals surface area contributed by atoms with E-state index in [4.69, 9.17) is 22.1 Å². The van der Waals surface area contributed by atoms with E-state index in [1.807, 2.05) is 0 Å². The highest BCUT2D eigenvalue weighted by Gasteiger charge is 2.22. The van der Waals surface area contributed by atoms with Crippen LogP contribution in [0.25, 0.3) is 0 Å². The van der Waals surface area contributed by atoms with Crippen LogP contribution in [-0.2, 0) is 10.0 Å². The van der Waals surface area contributed by atoms with Crippen LogP contribution >= 0.6 is 22.9 Å². The normalized spacial score (nSPS) is 11.3. The van der Waals surface area contributed by atoms with Crippen LogP contribution in [0.5, 0.6) is 5.75 Å². The predicted octanol–water partition coefficient (Wildman–Crippen LogP) is 2.50. The van der Waals surface area contributed by atoms with E-state index in [1.165, 1.54) is 13.2 Å². The topological polar surface area (TPSA) is 94.3 Å². The van der Waals surface area contributed by atoms with Crippen LogP contribution in [0.2, 0.25) is 5.02 Å². The molecule has 0 spiro atoms. The van der Waals surface area contributed by atoms with Gasteiger partial charge in [0, 0.05) is 6.07 Å². The zero-order valence-corrected chi connectivity index (χ0v) is 13.1. The first-order valence-corrected chi connectivity index (χ1v) is 8.10. The van der Waals surface area contributed by atoms with E-state index < -0.39 is 10.0 Å². The molecule has 108 valence electrons. The molecule has 2 aromatic rings. The van der Waals surface area contributed by atoms with Gasteiger partial charge in [-0.25, -0.2) is 13.4 Å². The van der Waals surface area contributed by atoms with E-state index in [9.17, 15) is 8.42 Å². The molecule has 0 aliphatic rings. The zero-order valence-electron chi connectivity index (χ0n) is 10.7. The maximum atomic E-state index is 12.3. The molecule has 0 bridgehead atoms. The lowest BCUT2D eigenvalue weighted by molar-refractivity contribution is 0.415. The van der Waals surface area contributed by atoms with Crippen molar-refractivity contribution in [3.8, 4) is 5.75 Å². The number of rotatable bonds is 4. The number of aryl methyl sites for hydroxylation is 1. The lowest BCUT2D eigenvalue weighted by atomic mass is 10.3. The Bertz CT molecular complexity index is 743. The molecular weight excluding hydrogens is 322 g/mol. The van der Waals surface area contributed by atoms with Crippen LogP contribution in [0, 0.1) is 6.92 Å². The molecule has 1 aromatic carbocycles. The predicted molar refractivity (Wildman–Crippen MR) is 80.1 cm³/mol. The Morgan fingerprint density at radius 1 is 1.45 bits per heavy atom. The van der Waals surface area contributed by atoms with E-state index in [2.05, 4.69) is 9.71 Å². The van der Waals surface area contributed by atoms with Crippen molar-refractivity contribution in [1.29, 1.82) is 0 Å². The third-order valence-corrected chi connectivity index (χ3v) is 5.72. The molecule has 0 saturated carbocycles. The molecule has 9 heteroatoms. The average molecular weight is 334 g/mol.